The highest BCUT2D eigenvalue weighted by atomic mass is 16.7. The lowest BCUT2D eigenvalue weighted by Crippen LogP contribution is -2.37. The van der Waals surface area contributed by atoms with Crippen molar-refractivity contribution in [1.29, 1.82) is 0 Å². The van der Waals surface area contributed by atoms with E-state index in [1.54, 1.807) is 7.11 Å². The summed E-state index contributed by atoms with van der Waals surface area (Å²) in [5.74, 6) is 2.94. The Hall–Kier alpha value is -2.48. The number of ether oxygens (including phenoxy) is 6. The lowest BCUT2D eigenvalue weighted by atomic mass is 9.79. The number of aryl methyl sites for hydroxylation is 1. The summed E-state index contributed by atoms with van der Waals surface area (Å²) in [4.78, 5) is 0. The summed E-state index contributed by atoms with van der Waals surface area (Å²) in [6.07, 6.45) is 0.917. The minimum absolute atomic E-state index is 0.0162. The molecule has 6 rings (SSSR count). The molecule has 2 aromatic rings. The summed E-state index contributed by atoms with van der Waals surface area (Å²) in [5, 5.41) is 0. The SMILES string of the molecule is CO[C@H]1O[C@@H]2c3cc4c(cc3CC[C@H](N)[C@@H]2c2ccc3c(c21)OCO3)OCO4. The fraction of sp³-hybridized carbons (Fsp3) is 0.429. The Balaban J connectivity index is 1.54. The van der Waals surface area contributed by atoms with Crippen molar-refractivity contribution in [3.8, 4) is 23.0 Å². The van der Waals surface area contributed by atoms with Gasteiger partial charge in [-0.1, -0.05) is 6.07 Å². The van der Waals surface area contributed by atoms with Crippen LogP contribution in [0.4, 0.5) is 0 Å². The summed E-state index contributed by atoms with van der Waals surface area (Å²) in [6, 6.07) is 8.07. The summed E-state index contributed by atoms with van der Waals surface area (Å²) in [7, 11) is 1.64. The quantitative estimate of drug-likeness (QED) is 0.811. The fourth-order valence-electron chi connectivity index (χ4n) is 4.87. The van der Waals surface area contributed by atoms with E-state index in [4.69, 9.17) is 34.2 Å². The van der Waals surface area contributed by atoms with Crippen molar-refractivity contribution < 1.29 is 28.4 Å². The van der Waals surface area contributed by atoms with Crippen LogP contribution in [0.25, 0.3) is 0 Å². The van der Waals surface area contributed by atoms with Gasteiger partial charge in [0.15, 0.2) is 29.3 Å². The Bertz CT molecular complexity index is 960. The first kappa shape index (κ1) is 16.5. The third-order valence-electron chi connectivity index (χ3n) is 6.17. The third-order valence-corrected chi connectivity index (χ3v) is 6.17. The van der Waals surface area contributed by atoms with Gasteiger partial charge in [-0.25, -0.2) is 0 Å². The lowest BCUT2D eigenvalue weighted by molar-refractivity contribution is -0.180. The average Bonchev–Trinajstić information content (AvgIpc) is 3.35. The summed E-state index contributed by atoms with van der Waals surface area (Å²) in [5.41, 5.74) is 10.9. The molecule has 0 radical (unpaired) electrons. The van der Waals surface area contributed by atoms with Gasteiger partial charge < -0.3 is 34.2 Å². The molecule has 4 aliphatic rings. The van der Waals surface area contributed by atoms with Gasteiger partial charge in [-0.05, 0) is 47.7 Å². The topological polar surface area (TPSA) is 81.4 Å². The minimum atomic E-state index is -0.559. The van der Waals surface area contributed by atoms with Gasteiger partial charge in [-0.2, -0.15) is 0 Å². The van der Waals surface area contributed by atoms with Crippen LogP contribution in [-0.2, 0) is 15.9 Å². The second kappa shape index (κ2) is 6.01. The Kier molecular flexibility index (Phi) is 3.53. The number of nitrogens with two attached hydrogens (primary N) is 1. The van der Waals surface area contributed by atoms with Gasteiger partial charge in [0.2, 0.25) is 13.6 Å². The van der Waals surface area contributed by atoms with E-state index >= 15 is 0 Å². The van der Waals surface area contributed by atoms with E-state index in [1.807, 2.05) is 12.1 Å². The number of methoxy groups -OCH3 is 1. The number of benzene rings is 2. The first-order chi connectivity index (χ1) is 13.7. The summed E-state index contributed by atoms with van der Waals surface area (Å²) >= 11 is 0. The van der Waals surface area contributed by atoms with Gasteiger partial charge in [-0.3, -0.25) is 0 Å². The van der Waals surface area contributed by atoms with E-state index in [2.05, 4.69) is 12.1 Å². The van der Waals surface area contributed by atoms with Crippen molar-refractivity contribution in [2.24, 2.45) is 5.73 Å². The molecule has 2 N–H and O–H groups in total. The summed E-state index contributed by atoms with van der Waals surface area (Å²) < 4.78 is 34.7. The molecular weight excluding hydrogens is 362 g/mol. The zero-order chi connectivity index (χ0) is 18.8. The molecule has 7 nitrogen and oxygen atoms in total. The van der Waals surface area contributed by atoms with Crippen LogP contribution in [0.15, 0.2) is 24.3 Å². The van der Waals surface area contributed by atoms with E-state index in [9.17, 15) is 0 Å². The first-order valence-electron chi connectivity index (χ1n) is 9.53. The molecule has 1 aliphatic carbocycles. The maximum Gasteiger partial charge on any atom is 0.231 e. The monoisotopic (exact) mass is 383 g/mol. The Morgan fingerprint density at radius 3 is 2.61 bits per heavy atom. The molecule has 3 aliphatic heterocycles. The molecule has 0 spiro atoms. The molecule has 2 aromatic carbocycles. The maximum atomic E-state index is 6.68. The Labute approximate surface area is 162 Å². The summed E-state index contributed by atoms with van der Waals surface area (Å²) in [6.45, 7) is 0.453. The van der Waals surface area contributed by atoms with E-state index in [-0.39, 0.29) is 31.6 Å². The van der Waals surface area contributed by atoms with Crippen molar-refractivity contribution in [2.75, 3.05) is 20.7 Å². The van der Waals surface area contributed by atoms with Crippen molar-refractivity contribution in [1.82, 2.24) is 0 Å². The van der Waals surface area contributed by atoms with Crippen LogP contribution in [0.3, 0.4) is 0 Å². The number of rotatable bonds is 1. The molecule has 146 valence electrons. The maximum absolute atomic E-state index is 6.68. The smallest absolute Gasteiger partial charge is 0.231 e. The molecule has 0 fully saturated rings. The fourth-order valence-corrected chi connectivity index (χ4v) is 4.87. The van der Waals surface area contributed by atoms with Gasteiger partial charge in [-0.15, -0.1) is 0 Å². The molecular formula is C21H21NO6. The van der Waals surface area contributed by atoms with Crippen LogP contribution in [-0.4, -0.2) is 26.7 Å². The third kappa shape index (κ3) is 2.21. The number of hydrogen-bond acceptors (Lipinski definition) is 7. The number of hydrogen-bond donors (Lipinski definition) is 1. The van der Waals surface area contributed by atoms with Crippen molar-refractivity contribution in [2.45, 2.75) is 37.2 Å². The van der Waals surface area contributed by atoms with Crippen LogP contribution in [0.2, 0.25) is 0 Å². The standard InChI is InChI=1S/C21H21NO6/c1-23-21-18-11(3-5-14-20(18)27-9-24-14)17-13(22)4-2-10-6-15-16(26-8-25-15)7-12(10)19(17)28-21/h3,5-7,13,17,19,21H,2,4,8-9,22H2,1H3/t13-,17-,19+,21-/m0/s1. The van der Waals surface area contributed by atoms with E-state index < -0.39 is 6.29 Å². The van der Waals surface area contributed by atoms with Gasteiger partial charge in [0.1, 0.15) is 0 Å². The lowest BCUT2D eigenvalue weighted by Gasteiger charge is -2.40. The predicted octanol–water partition coefficient (Wildman–Crippen LogP) is 2.92. The van der Waals surface area contributed by atoms with Crippen molar-refractivity contribution >= 4 is 0 Å². The number of fused-ring (bicyclic) bond motifs is 8. The second-order valence-electron chi connectivity index (χ2n) is 7.56. The molecule has 0 saturated carbocycles. The Morgan fingerprint density at radius 2 is 1.75 bits per heavy atom. The van der Waals surface area contributed by atoms with Crippen LogP contribution in [0, 0.1) is 0 Å². The average molecular weight is 383 g/mol. The molecule has 0 saturated heterocycles. The van der Waals surface area contributed by atoms with E-state index in [0.717, 1.165) is 41.0 Å². The molecule has 28 heavy (non-hydrogen) atoms. The van der Waals surface area contributed by atoms with Gasteiger partial charge in [0, 0.05) is 19.1 Å². The van der Waals surface area contributed by atoms with Crippen LogP contribution < -0.4 is 24.7 Å². The minimum Gasteiger partial charge on any atom is -0.454 e. The highest BCUT2D eigenvalue weighted by Gasteiger charge is 2.45. The van der Waals surface area contributed by atoms with E-state index in [0.29, 0.717) is 11.5 Å². The molecule has 3 heterocycles. The molecule has 0 unspecified atom stereocenters. The van der Waals surface area contributed by atoms with E-state index in [1.165, 1.54) is 5.56 Å². The Morgan fingerprint density at radius 1 is 0.964 bits per heavy atom. The second-order valence-corrected chi connectivity index (χ2v) is 7.56. The van der Waals surface area contributed by atoms with Crippen molar-refractivity contribution in [3.05, 3.63) is 46.5 Å². The molecule has 4 atom stereocenters. The van der Waals surface area contributed by atoms with Crippen molar-refractivity contribution in [3.63, 3.8) is 0 Å². The zero-order valence-electron chi connectivity index (χ0n) is 15.5. The normalized spacial score (nSPS) is 28.9. The molecule has 0 aromatic heterocycles. The highest BCUT2D eigenvalue weighted by molar-refractivity contribution is 5.57. The zero-order valence-corrected chi connectivity index (χ0v) is 15.5. The molecule has 0 amide bonds. The van der Waals surface area contributed by atoms with Crippen LogP contribution in [0.5, 0.6) is 23.0 Å². The van der Waals surface area contributed by atoms with Gasteiger partial charge >= 0.3 is 0 Å². The largest absolute Gasteiger partial charge is 0.454 e. The van der Waals surface area contributed by atoms with Gasteiger partial charge in [0.25, 0.3) is 0 Å². The van der Waals surface area contributed by atoms with Crippen LogP contribution in [0.1, 0.15) is 47.0 Å². The van der Waals surface area contributed by atoms with Gasteiger partial charge in [0.05, 0.1) is 11.7 Å². The molecule has 7 heteroatoms. The first-order valence-corrected chi connectivity index (χ1v) is 9.53. The van der Waals surface area contributed by atoms with Crippen LogP contribution >= 0.6 is 0 Å². The highest BCUT2D eigenvalue weighted by Crippen LogP contribution is 2.55. The molecule has 0 bridgehead atoms. The predicted molar refractivity (Wildman–Crippen MR) is 97.7 cm³/mol.